The number of ether oxygens (including phenoxy) is 1. The van der Waals surface area contributed by atoms with E-state index in [1.165, 1.54) is 6.07 Å². The molecular weight excluding hydrogens is 219 g/mol. The Morgan fingerprint density at radius 1 is 1.41 bits per heavy atom. The van der Waals surface area contributed by atoms with Crippen molar-refractivity contribution in [3.63, 3.8) is 0 Å². The molecule has 0 spiro atoms. The molecule has 1 heterocycles. The summed E-state index contributed by atoms with van der Waals surface area (Å²) >= 11 is 0. The molecular formula is C13H19FN2O. The highest BCUT2D eigenvalue weighted by atomic mass is 19.1. The zero-order chi connectivity index (χ0) is 12.6. The minimum Gasteiger partial charge on any atom is -0.397 e. The van der Waals surface area contributed by atoms with Crippen LogP contribution in [0, 0.1) is 12.7 Å². The molecule has 0 aliphatic carbocycles. The van der Waals surface area contributed by atoms with Crippen molar-refractivity contribution in [2.75, 3.05) is 30.3 Å². The van der Waals surface area contributed by atoms with Crippen LogP contribution in [0.25, 0.3) is 0 Å². The molecule has 1 saturated heterocycles. The van der Waals surface area contributed by atoms with Crippen LogP contribution in [0.5, 0.6) is 0 Å². The van der Waals surface area contributed by atoms with Gasteiger partial charge < -0.3 is 15.4 Å². The lowest BCUT2D eigenvalue weighted by molar-refractivity contribution is -0.0276. The second kappa shape index (κ2) is 4.18. The maximum atomic E-state index is 13.4. The van der Waals surface area contributed by atoms with Gasteiger partial charge in [0.25, 0.3) is 0 Å². The van der Waals surface area contributed by atoms with E-state index in [0.717, 1.165) is 18.8 Å². The highest BCUT2D eigenvalue weighted by Crippen LogP contribution is 2.30. The molecule has 94 valence electrons. The minimum absolute atomic E-state index is 0.188. The summed E-state index contributed by atoms with van der Waals surface area (Å²) in [7, 11) is 0. The Bertz CT molecular complexity index is 432. The second-order valence-corrected chi connectivity index (χ2v) is 5.19. The van der Waals surface area contributed by atoms with E-state index < -0.39 is 0 Å². The van der Waals surface area contributed by atoms with Crippen LogP contribution in [0.3, 0.4) is 0 Å². The molecule has 0 radical (unpaired) electrons. The van der Waals surface area contributed by atoms with Crippen molar-refractivity contribution in [1.29, 1.82) is 0 Å². The Morgan fingerprint density at radius 2 is 2.12 bits per heavy atom. The summed E-state index contributed by atoms with van der Waals surface area (Å²) in [5.74, 6) is -0.251. The van der Waals surface area contributed by atoms with Gasteiger partial charge in [0.05, 0.1) is 23.6 Å². The fourth-order valence-corrected chi connectivity index (χ4v) is 2.18. The monoisotopic (exact) mass is 238 g/mol. The van der Waals surface area contributed by atoms with Crippen molar-refractivity contribution in [3.8, 4) is 0 Å². The van der Waals surface area contributed by atoms with Gasteiger partial charge in [0.1, 0.15) is 5.82 Å². The second-order valence-electron chi connectivity index (χ2n) is 5.19. The predicted octanol–water partition coefficient (Wildman–Crippen LogP) is 2.33. The maximum Gasteiger partial charge on any atom is 0.128 e. The SMILES string of the molecule is Cc1cc(N2CCOC(C)(C)C2)c(N)cc1F. The van der Waals surface area contributed by atoms with Crippen LogP contribution in [0.15, 0.2) is 12.1 Å². The Balaban J connectivity index is 2.31. The van der Waals surface area contributed by atoms with Crippen molar-refractivity contribution < 1.29 is 9.13 Å². The predicted molar refractivity (Wildman–Crippen MR) is 67.8 cm³/mol. The highest BCUT2D eigenvalue weighted by Gasteiger charge is 2.28. The lowest BCUT2D eigenvalue weighted by atomic mass is 10.1. The highest BCUT2D eigenvalue weighted by molar-refractivity contribution is 5.69. The number of rotatable bonds is 1. The standard InChI is InChI=1S/C13H19FN2O/c1-9-6-12(11(15)7-10(9)14)16-4-5-17-13(2,3)8-16/h6-7H,4-5,8,15H2,1-3H3. The van der Waals surface area contributed by atoms with Gasteiger partial charge in [-0.1, -0.05) is 0 Å². The molecule has 0 unspecified atom stereocenters. The number of nitrogen functional groups attached to an aromatic ring is 1. The first-order chi connectivity index (χ1) is 7.89. The van der Waals surface area contributed by atoms with Crippen LogP contribution in [-0.4, -0.2) is 25.3 Å². The lowest BCUT2D eigenvalue weighted by Crippen LogP contribution is -2.48. The average molecular weight is 238 g/mol. The fraction of sp³-hybridized carbons (Fsp3) is 0.538. The number of morpholine rings is 1. The Kier molecular flexibility index (Phi) is 3.00. The zero-order valence-electron chi connectivity index (χ0n) is 10.6. The maximum absolute atomic E-state index is 13.4. The largest absolute Gasteiger partial charge is 0.397 e. The van der Waals surface area contributed by atoms with Crippen LogP contribution in [-0.2, 0) is 4.74 Å². The van der Waals surface area contributed by atoms with Gasteiger partial charge in [-0.15, -0.1) is 0 Å². The van der Waals surface area contributed by atoms with E-state index >= 15 is 0 Å². The van der Waals surface area contributed by atoms with Crippen molar-refractivity contribution in [3.05, 3.63) is 23.5 Å². The first-order valence-electron chi connectivity index (χ1n) is 5.83. The number of nitrogens with zero attached hydrogens (tertiary/aromatic N) is 1. The van der Waals surface area contributed by atoms with Crippen LogP contribution < -0.4 is 10.6 Å². The van der Waals surface area contributed by atoms with E-state index in [0.29, 0.717) is 17.9 Å². The summed E-state index contributed by atoms with van der Waals surface area (Å²) in [4.78, 5) is 2.16. The molecule has 0 bridgehead atoms. The summed E-state index contributed by atoms with van der Waals surface area (Å²) in [5.41, 5.74) is 7.72. The molecule has 0 amide bonds. The van der Waals surface area contributed by atoms with Crippen LogP contribution in [0.2, 0.25) is 0 Å². The molecule has 0 aromatic heterocycles. The van der Waals surface area contributed by atoms with Gasteiger partial charge in [0.2, 0.25) is 0 Å². The first-order valence-corrected chi connectivity index (χ1v) is 5.83. The molecule has 4 heteroatoms. The van der Waals surface area contributed by atoms with Gasteiger partial charge in [0.15, 0.2) is 0 Å². The Hall–Kier alpha value is -1.29. The molecule has 3 nitrogen and oxygen atoms in total. The molecule has 0 atom stereocenters. The van der Waals surface area contributed by atoms with E-state index in [-0.39, 0.29) is 11.4 Å². The average Bonchev–Trinajstić information content (AvgIpc) is 2.22. The van der Waals surface area contributed by atoms with Crippen LogP contribution >= 0.6 is 0 Å². The molecule has 1 aromatic rings. The van der Waals surface area contributed by atoms with Crippen LogP contribution in [0.1, 0.15) is 19.4 Å². The van der Waals surface area contributed by atoms with Gasteiger partial charge in [0, 0.05) is 13.1 Å². The number of nitrogens with two attached hydrogens (primary N) is 1. The zero-order valence-corrected chi connectivity index (χ0v) is 10.6. The molecule has 1 aromatic carbocycles. The van der Waals surface area contributed by atoms with Crippen molar-refractivity contribution in [1.82, 2.24) is 0 Å². The van der Waals surface area contributed by atoms with E-state index in [2.05, 4.69) is 4.90 Å². The number of halogens is 1. The summed E-state index contributed by atoms with van der Waals surface area (Å²) in [6.45, 7) is 8.07. The Labute approximate surface area is 101 Å². The van der Waals surface area contributed by atoms with Crippen LogP contribution in [0.4, 0.5) is 15.8 Å². The molecule has 0 saturated carbocycles. The number of hydrogen-bond acceptors (Lipinski definition) is 3. The third-order valence-electron chi connectivity index (χ3n) is 3.07. The summed E-state index contributed by atoms with van der Waals surface area (Å²) < 4.78 is 19.0. The minimum atomic E-state index is -0.251. The van der Waals surface area contributed by atoms with Gasteiger partial charge >= 0.3 is 0 Å². The van der Waals surface area contributed by atoms with Gasteiger partial charge in [-0.2, -0.15) is 0 Å². The van der Waals surface area contributed by atoms with Gasteiger partial charge in [-0.05, 0) is 38.5 Å². The lowest BCUT2D eigenvalue weighted by Gasteiger charge is -2.40. The van der Waals surface area contributed by atoms with E-state index in [4.69, 9.17) is 10.5 Å². The quantitative estimate of drug-likeness (QED) is 0.763. The van der Waals surface area contributed by atoms with Crippen molar-refractivity contribution in [2.24, 2.45) is 0 Å². The molecule has 17 heavy (non-hydrogen) atoms. The Morgan fingerprint density at radius 3 is 2.76 bits per heavy atom. The van der Waals surface area contributed by atoms with Gasteiger partial charge in [-0.25, -0.2) is 4.39 Å². The topological polar surface area (TPSA) is 38.5 Å². The first kappa shape index (κ1) is 12.2. The van der Waals surface area contributed by atoms with Crippen molar-refractivity contribution in [2.45, 2.75) is 26.4 Å². The van der Waals surface area contributed by atoms with E-state index in [9.17, 15) is 4.39 Å². The number of aryl methyl sites for hydroxylation is 1. The van der Waals surface area contributed by atoms with E-state index in [1.54, 1.807) is 6.92 Å². The normalized spacial score (nSPS) is 19.4. The third-order valence-corrected chi connectivity index (χ3v) is 3.07. The smallest absolute Gasteiger partial charge is 0.128 e. The summed E-state index contributed by atoms with van der Waals surface area (Å²) in [5, 5.41) is 0. The molecule has 1 aliphatic rings. The molecule has 1 aliphatic heterocycles. The fourth-order valence-electron chi connectivity index (χ4n) is 2.18. The van der Waals surface area contributed by atoms with Gasteiger partial charge in [-0.3, -0.25) is 0 Å². The summed E-state index contributed by atoms with van der Waals surface area (Å²) in [6, 6.07) is 3.21. The van der Waals surface area contributed by atoms with E-state index in [1.807, 2.05) is 19.9 Å². The summed E-state index contributed by atoms with van der Waals surface area (Å²) in [6.07, 6.45) is 0. The number of anilines is 2. The number of benzene rings is 1. The third kappa shape index (κ3) is 2.52. The molecule has 2 rings (SSSR count). The molecule has 2 N–H and O–H groups in total. The van der Waals surface area contributed by atoms with Crippen molar-refractivity contribution >= 4 is 11.4 Å². The molecule has 1 fully saturated rings. The number of hydrogen-bond donors (Lipinski definition) is 1.